The van der Waals surface area contributed by atoms with E-state index in [1.807, 2.05) is 91.0 Å². The molecular formula is C34H30N2O4. The third-order valence-corrected chi connectivity index (χ3v) is 7.86. The fourth-order valence-electron chi connectivity index (χ4n) is 5.89. The van der Waals surface area contributed by atoms with E-state index in [4.69, 9.17) is 9.52 Å². The Labute approximate surface area is 233 Å². The van der Waals surface area contributed by atoms with Crippen molar-refractivity contribution in [3.8, 4) is 0 Å². The normalized spacial score (nSPS) is 19.6. The second-order valence-electron chi connectivity index (χ2n) is 10.5. The zero-order valence-corrected chi connectivity index (χ0v) is 22.1. The van der Waals surface area contributed by atoms with Gasteiger partial charge >= 0.3 is 0 Å². The van der Waals surface area contributed by atoms with Crippen LogP contribution >= 0.6 is 0 Å². The monoisotopic (exact) mass is 530 g/mol. The number of carbonyl (C=O) groups is 2. The van der Waals surface area contributed by atoms with Crippen LogP contribution in [-0.2, 0) is 17.6 Å². The first-order chi connectivity index (χ1) is 19.6. The molecule has 6 heteroatoms. The highest BCUT2D eigenvalue weighted by Gasteiger charge is 2.34. The van der Waals surface area contributed by atoms with E-state index in [1.165, 1.54) is 0 Å². The summed E-state index contributed by atoms with van der Waals surface area (Å²) in [5, 5.41) is 15.4. The lowest BCUT2D eigenvalue weighted by atomic mass is 9.80. The minimum atomic E-state index is -0.128. The van der Waals surface area contributed by atoms with Crippen molar-refractivity contribution in [2.45, 2.75) is 50.4 Å². The molecule has 6 rings (SSSR count). The number of rotatable bonds is 7. The number of fused-ring (bicyclic) bond motifs is 1. The van der Waals surface area contributed by atoms with E-state index in [0.717, 1.165) is 11.1 Å². The number of aliphatic hydroxyl groups excluding tert-OH is 1. The molecule has 2 atom stereocenters. The van der Waals surface area contributed by atoms with Crippen LogP contribution in [0.3, 0.4) is 0 Å². The summed E-state index contributed by atoms with van der Waals surface area (Å²) in [7, 11) is 0. The lowest BCUT2D eigenvalue weighted by molar-refractivity contribution is -0.116. The zero-order valence-electron chi connectivity index (χ0n) is 22.1. The number of ketones is 2. The van der Waals surface area contributed by atoms with Gasteiger partial charge in [0.05, 0.1) is 28.2 Å². The molecule has 40 heavy (non-hydrogen) atoms. The van der Waals surface area contributed by atoms with Crippen LogP contribution < -0.4 is 0 Å². The largest absolute Gasteiger partial charge is 0.511 e. The number of aliphatic imine (C=N–C) groups is 1. The van der Waals surface area contributed by atoms with Gasteiger partial charge in [-0.25, -0.2) is 0 Å². The molecule has 1 aromatic heterocycles. The van der Waals surface area contributed by atoms with Crippen molar-refractivity contribution in [1.82, 2.24) is 5.16 Å². The molecule has 200 valence electrons. The average Bonchev–Trinajstić information content (AvgIpc) is 3.40. The zero-order chi connectivity index (χ0) is 27.5. The topological polar surface area (TPSA) is 92.8 Å². The van der Waals surface area contributed by atoms with E-state index < -0.39 is 0 Å². The maximum atomic E-state index is 13.5. The van der Waals surface area contributed by atoms with Gasteiger partial charge in [-0.1, -0.05) is 84.0 Å². The van der Waals surface area contributed by atoms with Crippen LogP contribution in [0.1, 0.15) is 70.5 Å². The SMILES string of the molecule is O=C1CC(c2ccccc2)CC(O)=C1C(CCc1noc2c1C(=O)CC(c1ccccc1)C2)=Nc1ccccc1. The molecule has 0 amide bonds. The molecule has 1 heterocycles. The number of hydrogen-bond acceptors (Lipinski definition) is 6. The predicted octanol–water partition coefficient (Wildman–Crippen LogP) is 7.25. The van der Waals surface area contributed by atoms with Crippen LogP contribution in [0.5, 0.6) is 0 Å². The summed E-state index contributed by atoms with van der Waals surface area (Å²) in [4.78, 5) is 31.5. The van der Waals surface area contributed by atoms with Crippen molar-refractivity contribution >= 4 is 23.0 Å². The summed E-state index contributed by atoms with van der Waals surface area (Å²) in [6, 6.07) is 29.2. The Hall–Kier alpha value is -4.58. The van der Waals surface area contributed by atoms with E-state index in [9.17, 15) is 14.7 Å². The molecule has 4 aromatic rings. The van der Waals surface area contributed by atoms with Crippen LogP contribution in [0.2, 0.25) is 0 Å². The summed E-state index contributed by atoms with van der Waals surface area (Å²) in [5.74, 6) is 0.558. The van der Waals surface area contributed by atoms with Gasteiger partial charge in [0.1, 0.15) is 11.5 Å². The molecule has 6 nitrogen and oxygen atoms in total. The van der Waals surface area contributed by atoms with E-state index in [2.05, 4.69) is 5.16 Å². The summed E-state index contributed by atoms with van der Waals surface area (Å²) in [6.45, 7) is 0. The fourth-order valence-corrected chi connectivity index (χ4v) is 5.89. The molecule has 0 bridgehead atoms. The Morgan fingerprint density at radius 3 is 1.98 bits per heavy atom. The molecule has 0 fully saturated rings. The van der Waals surface area contributed by atoms with Crippen molar-refractivity contribution < 1.29 is 19.2 Å². The number of aromatic nitrogens is 1. The predicted molar refractivity (Wildman–Crippen MR) is 153 cm³/mol. The van der Waals surface area contributed by atoms with Gasteiger partial charge in [-0.3, -0.25) is 14.6 Å². The molecule has 2 unspecified atom stereocenters. The van der Waals surface area contributed by atoms with Crippen LogP contribution in [0, 0.1) is 0 Å². The molecule has 2 aliphatic carbocycles. The molecule has 0 saturated carbocycles. The van der Waals surface area contributed by atoms with Gasteiger partial charge < -0.3 is 9.63 Å². The van der Waals surface area contributed by atoms with E-state index in [-0.39, 0.29) is 34.7 Å². The lowest BCUT2D eigenvalue weighted by Gasteiger charge is -2.24. The molecule has 0 radical (unpaired) electrons. The van der Waals surface area contributed by atoms with Crippen molar-refractivity contribution in [3.05, 3.63) is 130 Å². The van der Waals surface area contributed by atoms with Gasteiger partial charge in [-0.2, -0.15) is 0 Å². The number of Topliss-reactive ketones (excluding diaryl/α,β-unsaturated/α-hetero) is 2. The number of benzene rings is 3. The number of aliphatic hydroxyl groups is 1. The van der Waals surface area contributed by atoms with Crippen molar-refractivity contribution in [2.24, 2.45) is 4.99 Å². The van der Waals surface area contributed by atoms with Gasteiger partial charge in [0.25, 0.3) is 0 Å². The first-order valence-electron chi connectivity index (χ1n) is 13.8. The number of nitrogens with zero attached hydrogens (tertiary/aromatic N) is 2. The Morgan fingerprint density at radius 1 is 0.775 bits per heavy atom. The maximum absolute atomic E-state index is 13.5. The average molecular weight is 531 g/mol. The highest BCUT2D eigenvalue weighted by atomic mass is 16.5. The highest BCUT2D eigenvalue weighted by Crippen LogP contribution is 2.37. The van der Waals surface area contributed by atoms with Crippen molar-refractivity contribution in [1.29, 1.82) is 0 Å². The first-order valence-corrected chi connectivity index (χ1v) is 13.8. The standard InChI is InChI=1S/C34H30N2O4/c37-29-18-24(22-10-4-1-5-11-22)19-30(38)33(29)27(35-26-14-8-3-9-15-26)16-17-28-34-31(39)20-25(21-32(34)40-36-28)23-12-6-2-7-13-23/h1-15,24-25,37H,16-21H2. The molecule has 0 spiro atoms. The molecule has 1 N–H and O–H groups in total. The summed E-state index contributed by atoms with van der Waals surface area (Å²) in [5.41, 5.74) is 4.76. The minimum Gasteiger partial charge on any atom is -0.511 e. The van der Waals surface area contributed by atoms with E-state index in [0.29, 0.717) is 66.9 Å². The van der Waals surface area contributed by atoms with Gasteiger partial charge in [-0.15, -0.1) is 0 Å². The summed E-state index contributed by atoms with van der Waals surface area (Å²) < 4.78 is 5.67. The highest BCUT2D eigenvalue weighted by molar-refractivity contribution is 6.24. The first kappa shape index (κ1) is 25.7. The van der Waals surface area contributed by atoms with Crippen LogP contribution in [0.15, 0.2) is 112 Å². The second-order valence-corrected chi connectivity index (χ2v) is 10.5. The molecule has 3 aromatic carbocycles. The van der Waals surface area contributed by atoms with Crippen LogP contribution in [-0.4, -0.2) is 27.5 Å². The molecular weight excluding hydrogens is 500 g/mol. The number of para-hydroxylation sites is 1. The maximum Gasteiger partial charge on any atom is 0.168 e. The summed E-state index contributed by atoms with van der Waals surface area (Å²) in [6.07, 6.45) is 2.41. The van der Waals surface area contributed by atoms with Crippen LogP contribution in [0.4, 0.5) is 5.69 Å². The smallest absolute Gasteiger partial charge is 0.168 e. The third kappa shape index (κ3) is 5.30. The fraction of sp³-hybridized carbons (Fsp3) is 0.235. The van der Waals surface area contributed by atoms with E-state index >= 15 is 0 Å². The Morgan fingerprint density at radius 2 is 1.35 bits per heavy atom. The van der Waals surface area contributed by atoms with Crippen molar-refractivity contribution in [2.75, 3.05) is 0 Å². The Balaban J connectivity index is 1.27. The van der Waals surface area contributed by atoms with Gasteiger partial charge in [0.2, 0.25) is 0 Å². The minimum absolute atomic E-state index is 0.0226. The number of allylic oxidation sites excluding steroid dienone is 2. The lowest BCUT2D eigenvalue weighted by Crippen LogP contribution is -2.24. The van der Waals surface area contributed by atoms with Gasteiger partial charge in [0.15, 0.2) is 11.6 Å². The number of hydrogen-bond donors (Lipinski definition) is 1. The third-order valence-electron chi connectivity index (χ3n) is 7.86. The molecule has 2 aliphatic rings. The Bertz CT molecular complexity index is 1590. The van der Waals surface area contributed by atoms with Gasteiger partial charge in [-0.05, 0) is 47.9 Å². The second kappa shape index (κ2) is 11.3. The number of carbonyl (C=O) groups excluding carboxylic acids is 2. The molecule has 0 saturated heterocycles. The number of aryl methyl sites for hydroxylation is 1. The summed E-state index contributed by atoms with van der Waals surface area (Å²) >= 11 is 0. The van der Waals surface area contributed by atoms with Crippen LogP contribution in [0.25, 0.3) is 0 Å². The van der Waals surface area contributed by atoms with Crippen molar-refractivity contribution in [3.63, 3.8) is 0 Å². The Kier molecular flexibility index (Phi) is 7.23. The quantitative estimate of drug-likeness (QED) is 0.254. The molecule has 0 aliphatic heterocycles. The van der Waals surface area contributed by atoms with E-state index in [1.54, 1.807) is 0 Å². The van der Waals surface area contributed by atoms with Gasteiger partial charge in [0, 0.05) is 25.7 Å².